The van der Waals surface area contributed by atoms with Crippen LogP contribution >= 0.6 is 11.8 Å². The van der Waals surface area contributed by atoms with Crippen LogP contribution in [0.4, 0.5) is 0 Å². The molecule has 1 heterocycles. The molecule has 3 aromatic rings. The number of benzene rings is 2. The molecule has 3 rings (SSSR count). The number of hydrogen-bond acceptors (Lipinski definition) is 2. The average molecular weight is 251 g/mol. The van der Waals surface area contributed by atoms with Crippen molar-refractivity contribution in [1.29, 1.82) is 0 Å². The maximum absolute atomic E-state index is 4.75. The highest BCUT2D eigenvalue weighted by atomic mass is 32.2. The minimum atomic E-state index is 1.04. The predicted octanol–water partition coefficient (Wildman–Crippen LogP) is 4.62. The molecule has 2 aromatic carbocycles. The summed E-state index contributed by atoms with van der Waals surface area (Å²) >= 11 is 1.70. The number of hydrogen-bond donors (Lipinski definition) is 0. The monoisotopic (exact) mass is 251 g/mol. The number of rotatable bonds is 2. The van der Waals surface area contributed by atoms with Crippen molar-refractivity contribution in [2.24, 2.45) is 0 Å². The van der Waals surface area contributed by atoms with Gasteiger partial charge in [0.25, 0.3) is 0 Å². The molecule has 0 saturated carbocycles. The second-order valence-electron chi connectivity index (χ2n) is 4.10. The van der Waals surface area contributed by atoms with Crippen LogP contribution in [-0.4, -0.2) is 11.2 Å². The minimum absolute atomic E-state index is 1.04. The third kappa shape index (κ3) is 2.00. The van der Waals surface area contributed by atoms with Crippen molar-refractivity contribution in [3.8, 4) is 11.3 Å². The zero-order chi connectivity index (χ0) is 12.4. The molecule has 0 spiro atoms. The quantitative estimate of drug-likeness (QED) is 0.616. The Morgan fingerprint density at radius 2 is 1.61 bits per heavy atom. The van der Waals surface area contributed by atoms with Crippen LogP contribution in [0.3, 0.4) is 0 Å². The fraction of sp³-hybridized carbons (Fsp3) is 0.0625. The first-order chi connectivity index (χ1) is 8.88. The molecule has 0 atom stereocenters. The van der Waals surface area contributed by atoms with E-state index in [1.165, 1.54) is 16.3 Å². The van der Waals surface area contributed by atoms with Gasteiger partial charge in [-0.1, -0.05) is 54.6 Å². The molecule has 0 fully saturated rings. The summed E-state index contributed by atoms with van der Waals surface area (Å²) in [5, 5.41) is 3.56. The number of nitrogens with zero attached hydrogens (tertiary/aromatic N) is 1. The van der Waals surface area contributed by atoms with Crippen molar-refractivity contribution in [3.05, 3.63) is 60.7 Å². The van der Waals surface area contributed by atoms with Crippen LogP contribution in [0.1, 0.15) is 0 Å². The third-order valence-corrected chi connectivity index (χ3v) is 3.67. The van der Waals surface area contributed by atoms with E-state index in [9.17, 15) is 0 Å². The van der Waals surface area contributed by atoms with Gasteiger partial charge in [0.05, 0.1) is 5.69 Å². The van der Waals surface area contributed by atoms with Gasteiger partial charge in [0, 0.05) is 10.9 Å². The van der Waals surface area contributed by atoms with Crippen LogP contribution < -0.4 is 0 Å². The lowest BCUT2D eigenvalue weighted by Gasteiger charge is -2.07. The SMILES string of the molecule is CSc1nc(-c2ccccc2)cc2ccccc12. The van der Waals surface area contributed by atoms with Crippen LogP contribution in [0.25, 0.3) is 22.0 Å². The van der Waals surface area contributed by atoms with Crippen LogP contribution in [0, 0.1) is 0 Å². The number of thioether (sulfide) groups is 1. The molecule has 0 radical (unpaired) electrons. The Kier molecular flexibility index (Phi) is 3.03. The van der Waals surface area contributed by atoms with Crippen LogP contribution in [-0.2, 0) is 0 Å². The predicted molar refractivity (Wildman–Crippen MR) is 79.0 cm³/mol. The van der Waals surface area contributed by atoms with Crippen LogP contribution in [0.2, 0.25) is 0 Å². The summed E-state index contributed by atoms with van der Waals surface area (Å²) < 4.78 is 0. The Labute approximate surface area is 111 Å². The topological polar surface area (TPSA) is 12.9 Å². The summed E-state index contributed by atoms with van der Waals surface area (Å²) in [5.41, 5.74) is 2.21. The molecule has 1 nitrogen and oxygen atoms in total. The van der Waals surface area contributed by atoms with Crippen molar-refractivity contribution in [2.45, 2.75) is 5.03 Å². The molecule has 2 heteroatoms. The summed E-state index contributed by atoms with van der Waals surface area (Å²) in [6.45, 7) is 0. The summed E-state index contributed by atoms with van der Waals surface area (Å²) in [7, 11) is 0. The number of pyridine rings is 1. The highest BCUT2D eigenvalue weighted by Gasteiger charge is 2.06. The summed E-state index contributed by atoms with van der Waals surface area (Å²) in [6, 6.07) is 20.9. The van der Waals surface area contributed by atoms with Crippen LogP contribution in [0.15, 0.2) is 65.7 Å². The summed E-state index contributed by atoms with van der Waals surface area (Å²) in [5.74, 6) is 0. The fourth-order valence-electron chi connectivity index (χ4n) is 2.08. The van der Waals surface area contributed by atoms with E-state index < -0.39 is 0 Å². The van der Waals surface area contributed by atoms with Gasteiger partial charge in [0.1, 0.15) is 5.03 Å². The van der Waals surface area contributed by atoms with E-state index in [-0.39, 0.29) is 0 Å². The number of aromatic nitrogens is 1. The van der Waals surface area contributed by atoms with Gasteiger partial charge in [-0.2, -0.15) is 0 Å². The molecule has 0 amide bonds. The maximum atomic E-state index is 4.75. The van der Waals surface area contributed by atoms with E-state index in [2.05, 4.69) is 48.7 Å². The molecule has 0 bridgehead atoms. The lowest BCUT2D eigenvalue weighted by atomic mass is 10.1. The summed E-state index contributed by atoms with van der Waals surface area (Å²) in [4.78, 5) is 4.75. The lowest BCUT2D eigenvalue weighted by molar-refractivity contribution is 1.18. The first kappa shape index (κ1) is 11.3. The second-order valence-corrected chi connectivity index (χ2v) is 4.90. The lowest BCUT2D eigenvalue weighted by Crippen LogP contribution is -1.88. The van der Waals surface area contributed by atoms with Crippen molar-refractivity contribution < 1.29 is 0 Å². The molecule has 18 heavy (non-hydrogen) atoms. The molecule has 0 aliphatic heterocycles. The molecule has 0 N–H and O–H groups in total. The highest BCUT2D eigenvalue weighted by Crippen LogP contribution is 2.29. The standard InChI is InChI=1S/C16H13NS/c1-18-16-14-10-6-5-9-13(14)11-15(17-16)12-7-3-2-4-8-12/h2-11H,1H3. The van der Waals surface area contributed by atoms with Gasteiger partial charge in [-0.25, -0.2) is 4.98 Å². The molecule has 1 aromatic heterocycles. The molecule has 0 aliphatic rings. The van der Waals surface area contributed by atoms with E-state index in [4.69, 9.17) is 4.98 Å². The molecule has 0 saturated heterocycles. The van der Waals surface area contributed by atoms with E-state index in [1.54, 1.807) is 11.8 Å². The second kappa shape index (κ2) is 4.83. The molecule has 0 unspecified atom stereocenters. The largest absolute Gasteiger partial charge is 0.241 e. The van der Waals surface area contributed by atoms with Crippen molar-refractivity contribution >= 4 is 22.5 Å². The van der Waals surface area contributed by atoms with E-state index in [1.807, 2.05) is 18.2 Å². The summed E-state index contributed by atoms with van der Waals surface area (Å²) in [6.07, 6.45) is 2.07. The smallest absolute Gasteiger partial charge is 0.104 e. The first-order valence-electron chi connectivity index (χ1n) is 5.87. The maximum Gasteiger partial charge on any atom is 0.104 e. The third-order valence-electron chi connectivity index (χ3n) is 2.97. The molecule has 88 valence electrons. The number of fused-ring (bicyclic) bond motifs is 1. The van der Waals surface area contributed by atoms with Gasteiger partial charge in [0.15, 0.2) is 0 Å². The van der Waals surface area contributed by atoms with E-state index in [0.29, 0.717) is 0 Å². The van der Waals surface area contributed by atoms with Gasteiger partial charge in [0.2, 0.25) is 0 Å². The Hall–Kier alpha value is -1.80. The molecule has 0 aliphatic carbocycles. The van der Waals surface area contributed by atoms with Gasteiger partial charge in [-0.3, -0.25) is 0 Å². The molecular weight excluding hydrogens is 238 g/mol. The Morgan fingerprint density at radius 1 is 0.889 bits per heavy atom. The van der Waals surface area contributed by atoms with Crippen molar-refractivity contribution in [1.82, 2.24) is 4.98 Å². The van der Waals surface area contributed by atoms with E-state index in [0.717, 1.165) is 10.7 Å². The minimum Gasteiger partial charge on any atom is -0.241 e. The van der Waals surface area contributed by atoms with Crippen LogP contribution in [0.5, 0.6) is 0 Å². The zero-order valence-electron chi connectivity index (χ0n) is 10.1. The van der Waals surface area contributed by atoms with Gasteiger partial charge < -0.3 is 0 Å². The molecular formula is C16H13NS. The Balaban J connectivity index is 2.26. The Bertz CT molecular complexity index is 677. The van der Waals surface area contributed by atoms with Gasteiger partial charge >= 0.3 is 0 Å². The van der Waals surface area contributed by atoms with Gasteiger partial charge in [-0.05, 0) is 17.7 Å². The van der Waals surface area contributed by atoms with Crippen molar-refractivity contribution in [3.63, 3.8) is 0 Å². The highest BCUT2D eigenvalue weighted by molar-refractivity contribution is 7.98. The normalized spacial score (nSPS) is 10.7. The van der Waals surface area contributed by atoms with Crippen molar-refractivity contribution in [2.75, 3.05) is 6.26 Å². The fourth-order valence-corrected chi connectivity index (χ4v) is 2.67. The Morgan fingerprint density at radius 3 is 2.39 bits per heavy atom. The van der Waals surface area contributed by atoms with Gasteiger partial charge in [-0.15, -0.1) is 11.8 Å². The van der Waals surface area contributed by atoms with E-state index >= 15 is 0 Å². The first-order valence-corrected chi connectivity index (χ1v) is 7.10. The zero-order valence-corrected chi connectivity index (χ0v) is 10.9. The average Bonchev–Trinajstić information content (AvgIpc) is 2.47.